The number of methoxy groups -OCH3 is 1. The Morgan fingerprint density at radius 3 is 3.06 bits per heavy atom. The fourth-order valence-corrected chi connectivity index (χ4v) is 2.83. The summed E-state index contributed by atoms with van der Waals surface area (Å²) in [5.41, 5.74) is 1.20. The average molecular weight is 298 g/mol. The van der Waals surface area contributed by atoms with Crippen molar-refractivity contribution in [2.24, 2.45) is 0 Å². The van der Waals surface area contributed by atoms with Gasteiger partial charge in [-0.1, -0.05) is 6.07 Å². The maximum Gasteiger partial charge on any atom is 0.137 e. The second-order valence-electron chi connectivity index (χ2n) is 4.29. The van der Waals surface area contributed by atoms with Gasteiger partial charge in [-0.05, 0) is 53.0 Å². The Balaban J connectivity index is 2.08. The molecule has 0 unspecified atom stereocenters. The second-order valence-corrected chi connectivity index (χ2v) is 5.14. The van der Waals surface area contributed by atoms with Crippen LogP contribution in [0, 0.1) is 0 Å². The number of aldehydes is 1. The van der Waals surface area contributed by atoms with Crippen molar-refractivity contribution in [3.05, 3.63) is 28.2 Å². The second kappa shape index (κ2) is 5.65. The standard InChI is InChI=1S/C13H16BrNO2/c1-17-13-5-4-10(7-12(13)14)8-15-6-2-3-11(15)9-16/h4-5,7,9,11H,2-3,6,8H2,1H3/t11-/m1/s1. The van der Waals surface area contributed by atoms with E-state index in [0.717, 1.165) is 42.4 Å². The van der Waals surface area contributed by atoms with E-state index in [1.165, 1.54) is 5.56 Å². The predicted octanol–water partition coefficient (Wildman–Crippen LogP) is 2.62. The largest absolute Gasteiger partial charge is 0.496 e. The highest BCUT2D eigenvalue weighted by atomic mass is 79.9. The number of nitrogens with zero attached hydrogens (tertiary/aromatic N) is 1. The maximum absolute atomic E-state index is 10.9. The van der Waals surface area contributed by atoms with Gasteiger partial charge in [0, 0.05) is 6.54 Å². The van der Waals surface area contributed by atoms with Gasteiger partial charge in [-0.15, -0.1) is 0 Å². The zero-order valence-electron chi connectivity index (χ0n) is 9.86. The Kier molecular flexibility index (Phi) is 4.18. The number of ether oxygens (including phenoxy) is 1. The molecule has 1 heterocycles. The minimum atomic E-state index is 0.0934. The van der Waals surface area contributed by atoms with Crippen LogP contribution in [0.3, 0.4) is 0 Å². The molecule has 1 atom stereocenters. The first-order valence-corrected chi connectivity index (χ1v) is 6.55. The number of hydrogen-bond acceptors (Lipinski definition) is 3. The average Bonchev–Trinajstić information content (AvgIpc) is 2.76. The molecule has 0 aliphatic carbocycles. The number of likely N-dealkylation sites (tertiary alicyclic amines) is 1. The van der Waals surface area contributed by atoms with Gasteiger partial charge in [0.05, 0.1) is 17.6 Å². The highest BCUT2D eigenvalue weighted by Crippen LogP contribution is 2.27. The summed E-state index contributed by atoms with van der Waals surface area (Å²) in [4.78, 5) is 13.1. The molecule has 1 aliphatic heterocycles. The van der Waals surface area contributed by atoms with Crippen molar-refractivity contribution in [2.45, 2.75) is 25.4 Å². The number of carbonyl (C=O) groups excluding carboxylic acids is 1. The van der Waals surface area contributed by atoms with Gasteiger partial charge in [0.15, 0.2) is 0 Å². The molecule has 92 valence electrons. The van der Waals surface area contributed by atoms with Crippen LogP contribution >= 0.6 is 15.9 Å². The molecular weight excluding hydrogens is 282 g/mol. The molecule has 2 rings (SSSR count). The summed E-state index contributed by atoms with van der Waals surface area (Å²) in [6.07, 6.45) is 3.16. The summed E-state index contributed by atoms with van der Waals surface area (Å²) < 4.78 is 6.15. The van der Waals surface area contributed by atoms with Crippen LogP contribution < -0.4 is 4.74 Å². The lowest BCUT2D eigenvalue weighted by Crippen LogP contribution is -2.29. The minimum absolute atomic E-state index is 0.0934. The van der Waals surface area contributed by atoms with Gasteiger partial charge >= 0.3 is 0 Å². The van der Waals surface area contributed by atoms with Crippen LogP contribution in [-0.2, 0) is 11.3 Å². The topological polar surface area (TPSA) is 29.5 Å². The van der Waals surface area contributed by atoms with Gasteiger partial charge in [-0.2, -0.15) is 0 Å². The summed E-state index contributed by atoms with van der Waals surface area (Å²) in [6.45, 7) is 1.83. The van der Waals surface area contributed by atoms with Gasteiger partial charge in [0.1, 0.15) is 12.0 Å². The number of rotatable bonds is 4. The molecule has 0 amide bonds. The van der Waals surface area contributed by atoms with Crippen LogP contribution in [0.2, 0.25) is 0 Å². The quantitative estimate of drug-likeness (QED) is 0.800. The fraction of sp³-hybridized carbons (Fsp3) is 0.462. The summed E-state index contributed by atoms with van der Waals surface area (Å²) in [6, 6.07) is 6.14. The molecule has 1 saturated heterocycles. The van der Waals surface area contributed by atoms with E-state index >= 15 is 0 Å². The molecule has 1 fully saturated rings. The molecule has 0 bridgehead atoms. The number of halogens is 1. The molecule has 1 aromatic rings. The van der Waals surface area contributed by atoms with Crippen molar-refractivity contribution >= 4 is 22.2 Å². The SMILES string of the molecule is COc1ccc(CN2CCC[C@@H]2C=O)cc1Br. The van der Waals surface area contributed by atoms with Crippen molar-refractivity contribution in [1.29, 1.82) is 0 Å². The molecule has 17 heavy (non-hydrogen) atoms. The van der Waals surface area contributed by atoms with Gasteiger partial charge in [-0.3, -0.25) is 4.90 Å². The van der Waals surface area contributed by atoms with Crippen LogP contribution in [0.25, 0.3) is 0 Å². The zero-order chi connectivity index (χ0) is 12.3. The van der Waals surface area contributed by atoms with Crippen LogP contribution in [-0.4, -0.2) is 30.9 Å². The third-order valence-electron chi connectivity index (χ3n) is 3.17. The van der Waals surface area contributed by atoms with Crippen molar-refractivity contribution in [2.75, 3.05) is 13.7 Å². The monoisotopic (exact) mass is 297 g/mol. The maximum atomic E-state index is 10.9. The first-order chi connectivity index (χ1) is 8.24. The zero-order valence-corrected chi connectivity index (χ0v) is 11.4. The van der Waals surface area contributed by atoms with E-state index in [-0.39, 0.29) is 6.04 Å². The molecule has 1 aliphatic rings. The molecule has 0 saturated carbocycles. The van der Waals surface area contributed by atoms with Crippen LogP contribution in [0.4, 0.5) is 0 Å². The van der Waals surface area contributed by atoms with Gasteiger partial charge < -0.3 is 9.53 Å². The van der Waals surface area contributed by atoms with Crippen molar-refractivity contribution in [1.82, 2.24) is 4.90 Å². The Labute approximate surface area is 110 Å². The molecule has 0 N–H and O–H groups in total. The normalized spacial score (nSPS) is 20.5. The van der Waals surface area contributed by atoms with E-state index in [4.69, 9.17) is 4.74 Å². The van der Waals surface area contributed by atoms with E-state index in [0.29, 0.717) is 0 Å². The van der Waals surface area contributed by atoms with E-state index in [1.807, 2.05) is 12.1 Å². The third kappa shape index (κ3) is 2.87. The first kappa shape index (κ1) is 12.6. The molecule has 1 aromatic carbocycles. The highest BCUT2D eigenvalue weighted by Gasteiger charge is 2.23. The molecule has 0 aromatic heterocycles. The van der Waals surface area contributed by atoms with E-state index < -0.39 is 0 Å². The lowest BCUT2D eigenvalue weighted by molar-refractivity contribution is -0.111. The van der Waals surface area contributed by atoms with Crippen LogP contribution in [0.5, 0.6) is 5.75 Å². The van der Waals surface area contributed by atoms with Crippen LogP contribution in [0.15, 0.2) is 22.7 Å². The lowest BCUT2D eigenvalue weighted by atomic mass is 10.2. The molecule has 4 heteroatoms. The van der Waals surface area contributed by atoms with Crippen LogP contribution in [0.1, 0.15) is 18.4 Å². The molecular formula is C13H16BrNO2. The van der Waals surface area contributed by atoms with Gasteiger partial charge in [0.2, 0.25) is 0 Å². The third-order valence-corrected chi connectivity index (χ3v) is 3.79. The van der Waals surface area contributed by atoms with E-state index in [9.17, 15) is 4.79 Å². The lowest BCUT2D eigenvalue weighted by Gasteiger charge is -2.20. The fourth-order valence-electron chi connectivity index (χ4n) is 2.25. The van der Waals surface area contributed by atoms with E-state index in [1.54, 1.807) is 7.11 Å². The molecule has 3 nitrogen and oxygen atoms in total. The Morgan fingerprint density at radius 1 is 1.59 bits per heavy atom. The summed E-state index contributed by atoms with van der Waals surface area (Å²) in [5, 5.41) is 0. The van der Waals surface area contributed by atoms with Gasteiger partial charge in [-0.25, -0.2) is 0 Å². The summed E-state index contributed by atoms with van der Waals surface area (Å²) in [7, 11) is 1.66. The highest BCUT2D eigenvalue weighted by molar-refractivity contribution is 9.10. The Morgan fingerprint density at radius 2 is 2.41 bits per heavy atom. The van der Waals surface area contributed by atoms with Crippen molar-refractivity contribution < 1.29 is 9.53 Å². The molecule has 0 radical (unpaired) electrons. The number of carbonyl (C=O) groups is 1. The smallest absolute Gasteiger partial charge is 0.137 e. The number of hydrogen-bond donors (Lipinski definition) is 0. The predicted molar refractivity (Wildman–Crippen MR) is 70.2 cm³/mol. The Hall–Kier alpha value is -0.870. The van der Waals surface area contributed by atoms with Gasteiger partial charge in [0.25, 0.3) is 0 Å². The number of benzene rings is 1. The van der Waals surface area contributed by atoms with E-state index in [2.05, 4.69) is 26.9 Å². The summed E-state index contributed by atoms with van der Waals surface area (Å²) >= 11 is 3.48. The molecule has 0 spiro atoms. The van der Waals surface area contributed by atoms with Crippen molar-refractivity contribution in [3.8, 4) is 5.75 Å². The summed E-state index contributed by atoms with van der Waals surface area (Å²) in [5.74, 6) is 0.835. The first-order valence-electron chi connectivity index (χ1n) is 5.76. The van der Waals surface area contributed by atoms with Crippen molar-refractivity contribution in [3.63, 3.8) is 0 Å². The Bertz CT molecular complexity index is 408. The minimum Gasteiger partial charge on any atom is -0.496 e.